The van der Waals surface area contributed by atoms with Gasteiger partial charge in [-0.1, -0.05) is 66.7 Å². The van der Waals surface area contributed by atoms with Crippen LogP contribution in [0.15, 0.2) is 78.9 Å². The lowest BCUT2D eigenvalue weighted by Gasteiger charge is -2.05. The number of carbonyl (C=O) groups excluding carboxylic acids is 1. The van der Waals surface area contributed by atoms with Crippen LogP contribution >= 0.6 is 11.8 Å². The summed E-state index contributed by atoms with van der Waals surface area (Å²) in [4.78, 5) is 12.3. The number of rotatable bonds is 6. The predicted octanol–water partition coefficient (Wildman–Crippen LogP) is 5.34. The van der Waals surface area contributed by atoms with Crippen molar-refractivity contribution in [2.75, 3.05) is 5.75 Å². The summed E-state index contributed by atoms with van der Waals surface area (Å²) >= 11 is 1.57. The molecule has 0 aromatic heterocycles. The number of carbonyl (C=O) groups is 1. The van der Waals surface area contributed by atoms with Crippen molar-refractivity contribution in [1.29, 1.82) is 5.26 Å². The van der Waals surface area contributed by atoms with Crippen LogP contribution in [0.1, 0.15) is 21.5 Å². The van der Waals surface area contributed by atoms with E-state index in [1.807, 2.05) is 60.7 Å². The number of Topliss-reactive ketones (excluding diaryl/α,β-unsaturated/α-hetero) is 1. The molecule has 0 aliphatic carbocycles. The van der Waals surface area contributed by atoms with Gasteiger partial charge in [0.25, 0.3) is 0 Å². The van der Waals surface area contributed by atoms with Crippen LogP contribution in [0.2, 0.25) is 0 Å². The molecule has 25 heavy (non-hydrogen) atoms. The highest BCUT2D eigenvalue weighted by Crippen LogP contribution is 2.20. The van der Waals surface area contributed by atoms with Crippen molar-refractivity contribution < 1.29 is 4.79 Å². The second kappa shape index (κ2) is 8.32. The van der Waals surface area contributed by atoms with Gasteiger partial charge >= 0.3 is 0 Å². The molecule has 0 N–H and O–H groups in total. The molecule has 0 spiro atoms. The van der Waals surface area contributed by atoms with Crippen LogP contribution in [-0.2, 0) is 5.75 Å². The second-order valence-corrected chi connectivity index (χ2v) is 6.66. The summed E-state index contributed by atoms with van der Waals surface area (Å²) in [5.41, 5.74) is 4.71. The Labute approximate surface area is 152 Å². The molecule has 122 valence electrons. The lowest BCUT2D eigenvalue weighted by atomic mass is 10.0. The number of benzene rings is 3. The van der Waals surface area contributed by atoms with E-state index in [2.05, 4.69) is 18.2 Å². The number of hydrogen-bond acceptors (Lipinski definition) is 3. The Kier molecular flexibility index (Phi) is 5.66. The van der Waals surface area contributed by atoms with E-state index in [4.69, 9.17) is 5.26 Å². The van der Waals surface area contributed by atoms with E-state index in [-0.39, 0.29) is 5.78 Å². The second-order valence-electron chi connectivity index (χ2n) is 5.67. The van der Waals surface area contributed by atoms with Gasteiger partial charge in [-0.15, -0.1) is 11.8 Å². The molecule has 0 saturated heterocycles. The Hall–Kier alpha value is -2.83. The largest absolute Gasteiger partial charge is 0.293 e. The summed E-state index contributed by atoms with van der Waals surface area (Å²) in [6.45, 7) is 0. The van der Waals surface area contributed by atoms with Gasteiger partial charge in [0.15, 0.2) is 5.78 Å². The molecular formula is C22H17NOS. The quantitative estimate of drug-likeness (QED) is 0.567. The molecule has 0 heterocycles. The van der Waals surface area contributed by atoms with Crippen LogP contribution < -0.4 is 0 Å². The number of hydrogen-bond donors (Lipinski definition) is 0. The minimum Gasteiger partial charge on any atom is -0.293 e. The summed E-state index contributed by atoms with van der Waals surface area (Å²) < 4.78 is 0. The van der Waals surface area contributed by atoms with E-state index >= 15 is 0 Å². The van der Waals surface area contributed by atoms with Gasteiger partial charge in [0, 0.05) is 11.3 Å². The first-order valence-electron chi connectivity index (χ1n) is 8.02. The van der Waals surface area contributed by atoms with Crippen LogP contribution in [0.4, 0.5) is 0 Å². The van der Waals surface area contributed by atoms with Crippen LogP contribution in [0.3, 0.4) is 0 Å². The van der Waals surface area contributed by atoms with Crippen molar-refractivity contribution in [3.05, 3.63) is 95.6 Å². The lowest BCUT2D eigenvalue weighted by molar-refractivity contribution is 0.102. The highest BCUT2D eigenvalue weighted by Gasteiger charge is 2.07. The monoisotopic (exact) mass is 343 g/mol. The summed E-state index contributed by atoms with van der Waals surface area (Å²) in [6, 6.07) is 27.5. The van der Waals surface area contributed by atoms with Gasteiger partial charge in [-0.2, -0.15) is 5.26 Å². The fraction of sp³-hybridized carbons (Fsp3) is 0.0909. The number of nitriles is 1. The molecule has 0 radical (unpaired) electrons. The minimum atomic E-state index is 0.126. The first-order valence-corrected chi connectivity index (χ1v) is 9.17. The first kappa shape index (κ1) is 17.0. The number of nitrogens with zero attached hydrogens (tertiary/aromatic N) is 1. The SMILES string of the molecule is N#Cc1cccc(CSCC(=O)c2ccc(-c3ccccc3)cc2)c1. The topological polar surface area (TPSA) is 40.9 Å². The van der Waals surface area contributed by atoms with Gasteiger partial charge in [0.2, 0.25) is 0 Å². The first-order chi connectivity index (χ1) is 12.3. The van der Waals surface area contributed by atoms with Crippen molar-refractivity contribution in [1.82, 2.24) is 0 Å². The number of thioether (sulfide) groups is 1. The summed E-state index contributed by atoms with van der Waals surface area (Å²) in [5, 5.41) is 8.92. The normalized spacial score (nSPS) is 10.2. The van der Waals surface area contributed by atoms with E-state index in [1.165, 1.54) is 0 Å². The van der Waals surface area contributed by atoms with E-state index in [9.17, 15) is 4.79 Å². The Morgan fingerprint density at radius 2 is 1.60 bits per heavy atom. The van der Waals surface area contributed by atoms with Crippen molar-refractivity contribution in [3.63, 3.8) is 0 Å². The molecule has 0 atom stereocenters. The third-order valence-electron chi connectivity index (χ3n) is 3.87. The molecule has 3 heteroatoms. The molecule has 3 aromatic carbocycles. The van der Waals surface area contributed by atoms with E-state index in [0.29, 0.717) is 11.3 Å². The van der Waals surface area contributed by atoms with Crippen LogP contribution in [0.5, 0.6) is 0 Å². The molecule has 0 amide bonds. The highest BCUT2D eigenvalue weighted by atomic mass is 32.2. The molecule has 0 aliphatic heterocycles. The average Bonchev–Trinajstić information content (AvgIpc) is 2.69. The molecule has 3 aromatic rings. The number of ketones is 1. The van der Waals surface area contributed by atoms with Gasteiger partial charge in [0.05, 0.1) is 17.4 Å². The predicted molar refractivity (Wildman–Crippen MR) is 104 cm³/mol. The van der Waals surface area contributed by atoms with Crippen molar-refractivity contribution in [2.45, 2.75) is 5.75 Å². The third-order valence-corrected chi connectivity index (χ3v) is 4.88. The minimum absolute atomic E-state index is 0.126. The average molecular weight is 343 g/mol. The van der Waals surface area contributed by atoms with Crippen molar-refractivity contribution in [3.8, 4) is 17.2 Å². The third kappa shape index (κ3) is 4.59. The van der Waals surface area contributed by atoms with Gasteiger partial charge in [0.1, 0.15) is 0 Å². The standard InChI is InChI=1S/C22H17NOS/c23-14-17-5-4-6-18(13-17)15-25-16-22(24)21-11-9-20(10-12-21)19-7-2-1-3-8-19/h1-13H,15-16H2. The maximum atomic E-state index is 12.3. The van der Waals surface area contributed by atoms with Crippen molar-refractivity contribution in [2.24, 2.45) is 0 Å². The van der Waals surface area contributed by atoms with Gasteiger partial charge in [-0.3, -0.25) is 4.79 Å². The maximum absolute atomic E-state index is 12.3. The molecule has 0 saturated carbocycles. The Bertz CT molecular complexity index is 895. The van der Waals surface area contributed by atoms with E-state index < -0.39 is 0 Å². The zero-order valence-corrected chi connectivity index (χ0v) is 14.5. The zero-order valence-electron chi connectivity index (χ0n) is 13.7. The molecular weight excluding hydrogens is 326 g/mol. The van der Waals surface area contributed by atoms with Crippen molar-refractivity contribution >= 4 is 17.5 Å². The fourth-order valence-corrected chi connectivity index (χ4v) is 3.42. The van der Waals surface area contributed by atoms with Gasteiger partial charge in [-0.05, 0) is 28.8 Å². The van der Waals surface area contributed by atoms with E-state index in [1.54, 1.807) is 17.8 Å². The summed E-state index contributed by atoms with van der Waals surface area (Å²) in [7, 11) is 0. The van der Waals surface area contributed by atoms with Crippen LogP contribution in [-0.4, -0.2) is 11.5 Å². The highest BCUT2D eigenvalue weighted by molar-refractivity contribution is 7.99. The molecule has 0 unspecified atom stereocenters. The van der Waals surface area contributed by atoms with Gasteiger partial charge in [-0.25, -0.2) is 0 Å². The fourth-order valence-electron chi connectivity index (χ4n) is 2.55. The Morgan fingerprint density at radius 1 is 0.880 bits per heavy atom. The smallest absolute Gasteiger partial charge is 0.172 e. The van der Waals surface area contributed by atoms with Crippen LogP contribution in [0.25, 0.3) is 11.1 Å². The summed E-state index contributed by atoms with van der Waals surface area (Å²) in [6.07, 6.45) is 0. The molecule has 0 aliphatic rings. The summed E-state index contributed by atoms with van der Waals surface area (Å²) in [5.74, 6) is 1.28. The Balaban J connectivity index is 1.57. The molecule has 0 bridgehead atoms. The van der Waals surface area contributed by atoms with E-state index in [0.717, 1.165) is 28.0 Å². The molecule has 0 fully saturated rings. The Morgan fingerprint density at radius 3 is 2.32 bits per heavy atom. The lowest BCUT2D eigenvalue weighted by Crippen LogP contribution is -2.02. The van der Waals surface area contributed by atoms with Gasteiger partial charge < -0.3 is 0 Å². The molecule has 2 nitrogen and oxygen atoms in total. The van der Waals surface area contributed by atoms with Crippen LogP contribution in [0, 0.1) is 11.3 Å². The maximum Gasteiger partial charge on any atom is 0.172 e. The molecule has 3 rings (SSSR count). The zero-order chi connectivity index (χ0) is 17.5.